The molecule has 0 heterocycles. The predicted octanol–water partition coefficient (Wildman–Crippen LogP) is 4.72. The Hall–Kier alpha value is -1.91. The molecule has 24 heavy (non-hydrogen) atoms. The molecule has 0 fully saturated rings. The van der Waals surface area contributed by atoms with Crippen molar-refractivity contribution in [3.05, 3.63) is 57.6 Å². The summed E-state index contributed by atoms with van der Waals surface area (Å²) in [6.07, 6.45) is 0.918. The van der Waals surface area contributed by atoms with Crippen LogP contribution in [0.3, 0.4) is 0 Å². The quantitative estimate of drug-likeness (QED) is 0.769. The Morgan fingerprint density at radius 3 is 2.62 bits per heavy atom. The Kier molecular flexibility index (Phi) is 6.76. The second kappa shape index (κ2) is 8.81. The first-order valence-electron chi connectivity index (χ1n) is 7.58. The van der Waals surface area contributed by atoms with Gasteiger partial charge in [-0.25, -0.2) is 0 Å². The van der Waals surface area contributed by atoms with Gasteiger partial charge in [0, 0.05) is 11.6 Å². The summed E-state index contributed by atoms with van der Waals surface area (Å²) in [5.41, 5.74) is 1.24. The maximum atomic E-state index is 12.2. The third kappa shape index (κ3) is 4.79. The molecule has 1 amide bonds. The van der Waals surface area contributed by atoms with Gasteiger partial charge in [0.05, 0.1) is 24.3 Å². The molecule has 0 bridgehead atoms. The molecule has 0 aliphatic rings. The van der Waals surface area contributed by atoms with Gasteiger partial charge in [-0.3, -0.25) is 4.79 Å². The molecule has 0 aromatic heterocycles. The van der Waals surface area contributed by atoms with Crippen molar-refractivity contribution in [3.63, 3.8) is 0 Å². The van der Waals surface area contributed by atoms with Crippen LogP contribution in [0.1, 0.15) is 29.3 Å². The van der Waals surface area contributed by atoms with E-state index in [2.05, 4.69) is 5.32 Å². The molecule has 2 aromatic rings. The molecule has 0 unspecified atom stereocenters. The van der Waals surface area contributed by atoms with Crippen molar-refractivity contribution in [2.75, 3.05) is 13.7 Å². The Bertz CT molecular complexity index is 719. The van der Waals surface area contributed by atoms with Crippen LogP contribution in [-0.2, 0) is 6.54 Å². The van der Waals surface area contributed by atoms with Gasteiger partial charge in [-0.1, -0.05) is 36.2 Å². The molecule has 0 atom stereocenters. The van der Waals surface area contributed by atoms with E-state index in [4.69, 9.17) is 32.7 Å². The standard InChI is InChI=1S/C18H19Cl2NO3/c1-3-8-24-16-7-4-12(9-17(16)23-2)11-21-18(22)14-10-13(19)5-6-15(14)20/h4-7,9-10H,3,8,11H2,1-2H3,(H,21,22). The van der Waals surface area contributed by atoms with Crippen LogP contribution in [0, 0.1) is 0 Å². The molecule has 128 valence electrons. The molecule has 0 saturated heterocycles. The molecule has 0 aliphatic heterocycles. The fourth-order valence-electron chi connectivity index (χ4n) is 2.10. The maximum Gasteiger partial charge on any atom is 0.253 e. The third-order valence-corrected chi connectivity index (χ3v) is 3.88. The van der Waals surface area contributed by atoms with Gasteiger partial charge < -0.3 is 14.8 Å². The molecule has 4 nitrogen and oxygen atoms in total. The van der Waals surface area contributed by atoms with Crippen LogP contribution in [-0.4, -0.2) is 19.6 Å². The lowest BCUT2D eigenvalue weighted by Crippen LogP contribution is -2.23. The number of ether oxygens (including phenoxy) is 2. The van der Waals surface area contributed by atoms with E-state index in [1.165, 1.54) is 0 Å². The second-order valence-corrected chi connectivity index (χ2v) is 5.98. The average Bonchev–Trinajstić information content (AvgIpc) is 2.60. The summed E-state index contributed by atoms with van der Waals surface area (Å²) in [4.78, 5) is 12.2. The van der Waals surface area contributed by atoms with E-state index in [9.17, 15) is 4.79 Å². The van der Waals surface area contributed by atoms with Crippen molar-refractivity contribution in [2.24, 2.45) is 0 Å². The van der Waals surface area contributed by atoms with Crippen LogP contribution in [0.5, 0.6) is 11.5 Å². The van der Waals surface area contributed by atoms with Gasteiger partial charge in [-0.15, -0.1) is 0 Å². The molecular weight excluding hydrogens is 349 g/mol. The lowest BCUT2D eigenvalue weighted by molar-refractivity contribution is 0.0951. The van der Waals surface area contributed by atoms with Crippen molar-refractivity contribution in [1.29, 1.82) is 0 Å². The molecule has 6 heteroatoms. The zero-order valence-corrected chi connectivity index (χ0v) is 15.1. The van der Waals surface area contributed by atoms with Crippen molar-refractivity contribution < 1.29 is 14.3 Å². The Balaban J connectivity index is 2.06. The normalized spacial score (nSPS) is 10.3. The van der Waals surface area contributed by atoms with E-state index < -0.39 is 0 Å². The van der Waals surface area contributed by atoms with Gasteiger partial charge in [0.2, 0.25) is 0 Å². The predicted molar refractivity (Wildman–Crippen MR) is 96.4 cm³/mol. The molecule has 0 radical (unpaired) electrons. The Labute approximate surface area is 151 Å². The number of methoxy groups -OCH3 is 1. The van der Waals surface area contributed by atoms with E-state index in [0.29, 0.717) is 40.3 Å². The summed E-state index contributed by atoms with van der Waals surface area (Å²) < 4.78 is 10.9. The summed E-state index contributed by atoms with van der Waals surface area (Å²) in [5.74, 6) is 1.04. The smallest absolute Gasteiger partial charge is 0.253 e. The van der Waals surface area contributed by atoms with Crippen LogP contribution < -0.4 is 14.8 Å². The van der Waals surface area contributed by atoms with Gasteiger partial charge in [0.25, 0.3) is 5.91 Å². The minimum atomic E-state index is -0.284. The van der Waals surface area contributed by atoms with Crippen molar-refractivity contribution >= 4 is 29.1 Å². The fourth-order valence-corrected chi connectivity index (χ4v) is 2.48. The molecule has 2 aromatic carbocycles. The topological polar surface area (TPSA) is 47.6 Å². The number of benzene rings is 2. The second-order valence-electron chi connectivity index (χ2n) is 5.14. The van der Waals surface area contributed by atoms with Crippen molar-refractivity contribution in [1.82, 2.24) is 5.32 Å². The monoisotopic (exact) mass is 367 g/mol. The number of rotatable bonds is 7. The summed E-state index contributed by atoms with van der Waals surface area (Å²) >= 11 is 11.9. The molecule has 0 saturated carbocycles. The SMILES string of the molecule is CCCOc1ccc(CNC(=O)c2cc(Cl)ccc2Cl)cc1OC. The zero-order chi connectivity index (χ0) is 17.5. The number of halogens is 2. The fraction of sp³-hybridized carbons (Fsp3) is 0.278. The first-order chi connectivity index (χ1) is 11.5. The summed E-state index contributed by atoms with van der Waals surface area (Å²) in [7, 11) is 1.59. The van der Waals surface area contributed by atoms with Gasteiger partial charge in [-0.2, -0.15) is 0 Å². The number of amides is 1. The molecule has 1 N–H and O–H groups in total. The van der Waals surface area contributed by atoms with Gasteiger partial charge in [-0.05, 0) is 42.3 Å². The molecule has 2 rings (SSSR count). The highest BCUT2D eigenvalue weighted by Gasteiger charge is 2.12. The van der Waals surface area contributed by atoms with E-state index in [0.717, 1.165) is 12.0 Å². The van der Waals surface area contributed by atoms with Crippen molar-refractivity contribution in [3.8, 4) is 11.5 Å². The highest BCUT2D eigenvalue weighted by atomic mass is 35.5. The largest absolute Gasteiger partial charge is 0.493 e. The van der Waals surface area contributed by atoms with E-state index in [1.807, 2.05) is 25.1 Å². The van der Waals surface area contributed by atoms with Gasteiger partial charge in [0.1, 0.15) is 0 Å². The molecular formula is C18H19Cl2NO3. The first kappa shape index (κ1) is 18.4. The molecule has 0 aliphatic carbocycles. The maximum absolute atomic E-state index is 12.2. The number of carbonyl (C=O) groups excluding carboxylic acids is 1. The minimum absolute atomic E-state index is 0.284. The van der Waals surface area contributed by atoms with Crippen LogP contribution in [0.4, 0.5) is 0 Å². The highest BCUT2D eigenvalue weighted by Crippen LogP contribution is 2.28. The van der Waals surface area contributed by atoms with Gasteiger partial charge in [0.15, 0.2) is 11.5 Å². The van der Waals surface area contributed by atoms with E-state index in [1.54, 1.807) is 25.3 Å². The lowest BCUT2D eigenvalue weighted by Gasteiger charge is -2.12. The van der Waals surface area contributed by atoms with E-state index >= 15 is 0 Å². The van der Waals surface area contributed by atoms with Crippen LogP contribution in [0.2, 0.25) is 10.0 Å². The Morgan fingerprint density at radius 2 is 1.92 bits per heavy atom. The van der Waals surface area contributed by atoms with Crippen LogP contribution >= 0.6 is 23.2 Å². The van der Waals surface area contributed by atoms with Gasteiger partial charge >= 0.3 is 0 Å². The average molecular weight is 368 g/mol. The number of hydrogen-bond acceptors (Lipinski definition) is 3. The van der Waals surface area contributed by atoms with E-state index in [-0.39, 0.29) is 5.91 Å². The number of carbonyl (C=O) groups is 1. The summed E-state index contributed by atoms with van der Waals surface area (Å²) in [6.45, 7) is 3.00. The summed E-state index contributed by atoms with van der Waals surface area (Å²) in [5, 5.41) is 3.64. The number of hydrogen-bond donors (Lipinski definition) is 1. The number of nitrogens with one attached hydrogen (secondary N) is 1. The van der Waals surface area contributed by atoms with Crippen molar-refractivity contribution in [2.45, 2.75) is 19.9 Å². The van der Waals surface area contributed by atoms with Crippen LogP contribution in [0.15, 0.2) is 36.4 Å². The Morgan fingerprint density at radius 1 is 1.12 bits per heavy atom. The summed E-state index contributed by atoms with van der Waals surface area (Å²) in [6, 6.07) is 10.3. The highest BCUT2D eigenvalue weighted by molar-refractivity contribution is 6.35. The van der Waals surface area contributed by atoms with Crippen LogP contribution in [0.25, 0.3) is 0 Å². The minimum Gasteiger partial charge on any atom is -0.493 e. The zero-order valence-electron chi connectivity index (χ0n) is 13.6. The first-order valence-corrected chi connectivity index (χ1v) is 8.33. The molecule has 0 spiro atoms. The lowest BCUT2D eigenvalue weighted by atomic mass is 10.1. The third-order valence-electron chi connectivity index (χ3n) is 3.32.